The summed E-state index contributed by atoms with van der Waals surface area (Å²) in [5.74, 6) is -2.15. The number of anilines is 1. The molecule has 0 aliphatic rings. The van der Waals surface area contributed by atoms with Crippen molar-refractivity contribution < 1.29 is 18.3 Å². The van der Waals surface area contributed by atoms with E-state index in [0.29, 0.717) is 0 Å². The van der Waals surface area contributed by atoms with Gasteiger partial charge in [0.05, 0.1) is 10.6 Å². The lowest BCUT2D eigenvalue weighted by molar-refractivity contribution is 0.176. The number of hydrogen-bond acceptors (Lipinski definition) is 2. The molecule has 0 saturated carbocycles. The van der Waals surface area contributed by atoms with Gasteiger partial charge in [0, 0.05) is 23.2 Å². The van der Waals surface area contributed by atoms with Gasteiger partial charge in [-0.25, -0.2) is 13.2 Å². The van der Waals surface area contributed by atoms with E-state index >= 15 is 0 Å². The zero-order chi connectivity index (χ0) is 14.9. The van der Waals surface area contributed by atoms with E-state index in [-0.39, 0.29) is 27.7 Å². The lowest BCUT2D eigenvalue weighted by Crippen LogP contribution is -2.09. The van der Waals surface area contributed by atoms with Crippen molar-refractivity contribution in [1.29, 1.82) is 0 Å². The second-order valence-corrected chi connectivity index (χ2v) is 5.17. The van der Waals surface area contributed by atoms with Crippen molar-refractivity contribution in [2.24, 2.45) is 0 Å². The Morgan fingerprint density at radius 2 is 1.85 bits per heavy atom. The van der Waals surface area contributed by atoms with Crippen LogP contribution in [0.1, 0.15) is 17.2 Å². The van der Waals surface area contributed by atoms with Gasteiger partial charge in [-0.3, -0.25) is 0 Å². The predicted octanol–water partition coefficient (Wildman–Crippen LogP) is 3.72. The summed E-state index contributed by atoms with van der Waals surface area (Å²) in [4.78, 5) is 0. The quantitative estimate of drug-likeness (QED) is 0.657. The number of halogens is 4. The smallest absolute Gasteiger partial charge is 0.143 e. The van der Waals surface area contributed by atoms with Gasteiger partial charge in [0.15, 0.2) is 0 Å². The highest BCUT2D eigenvalue weighted by molar-refractivity contribution is 9.10. The topological polar surface area (TPSA) is 46.2 Å². The SMILES string of the molecule is Nc1ccc(F)cc1C(O)Cc1c(F)ccc(Br)c1F. The van der Waals surface area contributed by atoms with Gasteiger partial charge in [-0.15, -0.1) is 0 Å². The van der Waals surface area contributed by atoms with Gasteiger partial charge in [0.25, 0.3) is 0 Å². The maximum atomic E-state index is 13.8. The molecule has 2 nitrogen and oxygen atoms in total. The van der Waals surface area contributed by atoms with Crippen LogP contribution in [-0.4, -0.2) is 5.11 Å². The van der Waals surface area contributed by atoms with Crippen molar-refractivity contribution in [3.8, 4) is 0 Å². The molecule has 0 heterocycles. The molecule has 0 spiro atoms. The fourth-order valence-electron chi connectivity index (χ4n) is 1.89. The Bertz CT molecular complexity index is 649. The summed E-state index contributed by atoms with van der Waals surface area (Å²) in [6.45, 7) is 0. The van der Waals surface area contributed by atoms with E-state index in [0.717, 1.165) is 18.2 Å². The van der Waals surface area contributed by atoms with Crippen molar-refractivity contribution in [3.05, 3.63) is 63.4 Å². The summed E-state index contributed by atoms with van der Waals surface area (Å²) in [6.07, 6.45) is -1.64. The first-order valence-corrected chi connectivity index (χ1v) is 6.54. The Morgan fingerprint density at radius 1 is 1.15 bits per heavy atom. The summed E-state index contributed by atoms with van der Waals surface area (Å²) in [5, 5.41) is 10.0. The Labute approximate surface area is 122 Å². The third kappa shape index (κ3) is 2.96. The molecule has 2 aromatic rings. The van der Waals surface area contributed by atoms with Gasteiger partial charge in [-0.1, -0.05) is 0 Å². The highest BCUT2D eigenvalue weighted by Crippen LogP contribution is 2.29. The Morgan fingerprint density at radius 3 is 2.55 bits per heavy atom. The van der Waals surface area contributed by atoms with E-state index in [1.165, 1.54) is 12.1 Å². The number of aliphatic hydroxyl groups excluding tert-OH is 1. The normalized spacial score (nSPS) is 12.4. The second kappa shape index (κ2) is 5.85. The van der Waals surface area contributed by atoms with Crippen molar-refractivity contribution in [2.45, 2.75) is 12.5 Å². The summed E-state index contributed by atoms with van der Waals surface area (Å²) in [6, 6.07) is 5.81. The fourth-order valence-corrected chi connectivity index (χ4v) is 2.27. The molecule has 6 heteroatoms. The number of aliphatic hydroxyl groups is 1. The number of hydrogen-bond donors (Lipinski definition) is 2. The van der Waals surface area contributed by atoms with Gasteiger partial charge in [0.2, 0.25) is 0 Å². The fraction of sp³-hybridized carbons (Fsp3) is 0.143. The van der Waals surface area contributed by atoms with Crippen LogP contribution in [0.2, 0.25) is 0 Å². The maximum Gasteiger partial charge on any atom is 0.143 e. The average Bonchev–Trinajstić information content (AvgIpc) is 2.41. The Hall–Kier alpha value is -1.53. The van der Waals surface area contributed by atoms with Gasteiger partial charge in [-0.05, 0) is 46.3 Å². The molecule has 0 saturated heterocycles. The molecule has 20 heavy (non-hydrogen) atoms. The van der Waals surface area contributed by atoms with Gasteiger partial charge < -0.3 is 10.8 Å². The zero-order valence-electron chi connectivity index (χ0n) is 10.2. The third-order valence-corrected chi connectivity index (χ3v) is 3.56. The lowest BCUT2D eigenvalue weighted by atomic mass is 9.99. The molecule has 3 N–H and O–H groups in total. The number of nitrogens with two attached hydrogens (primary N) is 1. The lowest BCUT2D eigenvalue weighted by Gasteiger charge is -2.15. The van der Waals surface area contributed by atoms with Crippen LogP contribution in [0.15, 0.2) is 34.8 Å². The van der Waals surface area contributed by atoms with Gasteiger partial charge in [-0.2, -0.15) is 0 Å². The van der Waals surface area contributed by atoms with Crippen LogP contribution in [0.25, 0.3) is 0 Å². The summed E-state index contributed by atoms with van der Waals surface area (Å²) in [5.41, 5.74) is 5.61. The molecule has 0 radical (unpaired) electrons. The largest absolute Gasteiger partial charge is 0.398 e. The molecule has 2 rings (SSSR count). The molecule has 0 bridgehead atoms. The summed E-state index contributed by atoms with van der Waals surface area (Å²) >= 11 is 2.94. The van der Waals surface area contributed by atoms with E-state index in [1.54, 1.807) is 0 Å². The van der Waals surface area contributed by atoms with Crippen LogP contribution in [0.4, 0.5) is 18.9 Å². The number of nitrogen functional groups attached to an aromatic ring is 1. The van der Waals surface area contributed by atoms with Crippen molar-refractivity contribution in [2.75, 3.05) is 5.73 Å². The molecule has 0 aliphatic heterocycles. The molecule has 106 valence electrons. The van der Waals surface area contributed by atoms with Crippen molar-refractivity contribution in [3.63, 3.8) is 0 Å². The van der Waals surface area contributed by atoms with Crippen LogP contribution >= 0.6 is 15.9 Å². The van der Waals surface area contributed by atoms with E-state index in [1.807, 2.05) is 0 Å². The summed E-state index contributed by atoms with van der Waals surface area (Å²) in [7, 11) is 0. The minimum absolute atomic E-state index is 0.0910. The molecular formula is C14H11BrF3NO. The monoisotopic (exact) mass is 345 g/mol. The molecule has 0 fully saturated rings. The van der Waals surface area contributed by atoms with Gasteiger partial charge in [0.1, 0.15) is 17.5 Å². The van der Waals surface area contributed by atoms with E-state index in [4.69, 9.17) is 5.73 Å². The van der Waals surface area contributed by atoms with Crippen LogP contribution in [0.5, 0.6) is 0 Å². The molecule has 0 aliphatic carbocycles. The highest BCUT2D eigenvalue weighted by atomic mass is 79.9. The standard InChI is InChI=1S/C14H11BrF3NO/c15-10-2-3-11(17)8(14(10)18)6-13(20)9-5-7(16)1-4-12(9)19/h1-5,13,20H,6,19H2. The first kappa shape index (κ1) is 14.9. The molecular weight excluding hydrogens is 335 g/mol. The summed E-state index contributed by atoms with van der Waals surface area (Å²) < 4.78 is 40.7. The average molecular weight is 346 g/mol. The van der Waals surface area contributed by atoms with Crippen LogP contribution in [0, 0.1) is 17.5 Å². The zero-order valence-corrected chi connectivity index (χ0v) is 11.8. The van der Waals surface area contributed by atoms with Crippen LogP contribution in [0.3, 0.4) is 0 Å². The van der Waals surface area contributed by atoms with Crippen molar-refractivity contribution >= 4 is 21.6 Å². The molecule has 2 aromatic carbocycles. The number of rotatable bonds is 3. The molecule has 1 unspecified atom stereocenters. The van der Waals surface area contributed by atoms with Crippen molar-refractivity contribution in [1.82, 2.24) is 0 Å². The van der Waals surface area contributed by atoms with Gasteiger partial charge >= 0.3 is 0 Å². The van der Waals surface area contributed by atoms with E-state index in [2.05, 4.69) is 15.9 Å². The Kier molecular flexibility index (Phi) is 4.35. The minimum atomic E-state index is -1.30. The molecule has 1 atom stereocenters. The first-order valence-electron chi connectivity index (χ1n) is 5.75. The minimum Gasteiger partial charge on any atom is -0.398 e. The highest BCUT2D eigenvalue weighted by Gasteiger charge is 2.19. The third-order valence-electron chi connectivity index (χ3n) is 2.94. The van der Waals surface area contributed by atoms with Crippen LogP contribution in [-0.2, 0) is 6.42 Å². The second-order valence-electron chi connectivity index (χ2n) is 4.31. The predicted molar refractivity (Wildman–Crippen MR) is 73.5 cm³/mol. The molecule has 0 aromatic heterocycles. The van der Waals surface area contributed by atoms with E-state index < -0.39 is 23.6 Å². The Balaban J connectivity index is 2.35. The maximum absolute atomic E-state index is 13.8. The van der Waals surface area contributed by atoms with E-state index in [9.17, 15) is 18.3 Å². The first-order chi connectivity index (χ1) is 9.40. The van der Waals surface area contributed by atoms with Crippen LogP contribution < -0.4 is 5.73 Å². The number of benzene rings is 2. The molecule has 0 amide bonds.